The lowest BCUT2D eigenvalue weighted by Gasteiger charge is -2.25. The normalized spacial score (nSPS) is 11.1. The van der Waals surface area contributed by atoms with Crippen molar-refractivity contribution in [1.82, 2.24) is 20.4 Å². The molecule has 0 unspecified atom stereocenters. The van der Waals surface area contributed by atoms with Crippen LogP contribution < -0.4 is 4.90 Å². The summed E-state index contributed by atoms with van der Waals surface area (Å²) < 4.78 is 5.44. The van der Waals surface area contributed by atoms with Crippen LogP contribution >= 0.6 is 0 Å². The summed E-state index contributed by atoms with van der Waals surface area (Å²) in [4.78, 5) is 13.8. The molecule has 3 rings (SSSR count). The van der Waals surface area contributed by atoms with Crippen LogP contribution in [0.25, 0.3) is 22.8 Å². The van der Waals surface area contributed by atoms with Gasteiger partial charge in [-0.3, -0.25) is 4.90 Å². The molecule has 138 valence electrons. The van der Waals surface area contributed by atoms with Crippen molar-refractivity contribution in [3.05, 3.63) is 54.6 Å². The summed E-state index contributed by atoms with van der Waals surface area (Å²) >= 11 is 0. The molecule has 2 aromatic carbocycles. The van der Waals surface area contributed by atoms with Gasteiger partial charge in [0.15, 0.2) is 0 Å². The highest BCUT2D eigenvalue weighted by Crippen LogP contribution is 2.28. The molecule has 3 aromatic rings. The number of carbonyl (C=O) groups is 1. The molecule has 0 aliphatic heterocycles. The van der Waals surface area contributed by atoms with Gasteiger partial charge in [-0.2, -0.15) is 0 Å². The highest BCUT2D eigenvalue weighted by atomic mass is 16.6. The summed E-state index contributed by atoms with van der Waals surface area (Å²) in [5.41, 5.74) is 1.51. The van der Waals surface area contributed by atoms with Crippen molar-refractivity contribution in [3.8, 4) is 22.8 Å². The Bertz CT molecular complexity index is 921. The number of hydrogen-bond acceptors (Lipinski definition) is 6. The number of benzene rings is 2. The van der Waals surface area contributed by atoms with Gasteiger partial charge >= 0.3 is 6.09 Å². The standard InChI is InChI=1S/C20H21N5O2/c1-20(2,3)27-19(26)25(4)16-13-9-8-12-15(16)18-23-21-17(22-24-18)14-10-6-5-7-11-14/h5-13H,1-4H3. The zero-order valence-corrected chi connectivity index (χ0v) is 15.7. The van der Waals surface area contributed by atoms with E-state index in [1.807, 2.05) is 69.3 Å². The Morgan fingerprint density at radius 1 is 0.852 bits per heavy atom. The molecule has 1 heterocycles. The second-order valence-corrected chi connectivity index (χ2v) is 6.97. The van der Waals surface area contributed by atoms with Gasteiger partial charge in [-0.15, -0.1) is 20.4 Å². The number of aromatic nitrogens is 4. The quantitative estimate of drug-likeness (QED) is 0.700. The van der Waals surface area contributed by atoms with Crippen LogP contribution in [0.1, 0.15) is 20.8 Å². The summed E-state index contributed by atoms with van der Waals surface area (Å²) in [5.74, 6) is 0.776. The Balaban J connectivity index is 1.91. The fraction of sp³-hybridized carbons (Fsp3) is 0.250. The van der Waals surface area contributed by atoms with Crippen LogP contribution in [-0.2, 0) is 4.74 Å². The average Bonchev–Trinajstić information content (AvgIpc) is 2.67. The maximum atomic E-state index is 12.4. The van der Waals surface area contributed by atoms with Crippen LogP contribution in [-0.4, -0.2) is 39.1 Å². The van der Waals surface area contributed by atoms with Crippen molar-refractivity contribution in [1.29, 1.82) is 0 Å². The van der Waals surface area contributed by atoms with Crippen molar-refractivity contribution in [3.63, 3.8) is 0 Å². The van der Waals surface area contributed by atoms with Crippen LogP contribution in [0.5, 0.6) is 0 Å². The van der Waals surface area contributed by atoms with E-state index in [0.717, 1.165) is 5.56 Å². The van der Waals surface area contributed by atoms with Gasteiger partial charge in [0.25, 0.3) is 0 Å². The summed E-state index contributed by atoms with van der Waals surface area (Å²) in [5, 5.41) is 16.7. The van der Waals surface area contributed by atoms with Gasteiger partial charge < -0.3 is 4.74 Å². The van der Waals surface area contributed by atoms with Gasteiger partial charge in [-0.1, -0.05) is 42.5 Å². The number of anilines is 1. The molecule has 0 aliphatic rings. The summed E-state index contributed by atoms with van der Waals surface area (Å²) in [6.45, 7) is 5.47. The van der Waals surface area contributed by atoms with E-state index < -0.39 is 11.7 Å². The van der Waals surface area contributed by atoms with Gasteiger partial charge in [-0.05, 0) is 32.9 Å². The van der Waals surface area contributed by atoms with E-state index >= 15 is 0 Å². The first-order valence-corrected chi connectivity index (χ1v) is 8.54. The fourth-order valence-corrected chi connectivity index (χ4v) is 2.42. The van der Waals surface area contributed by atoms with Crippen LogP contribution in [0.2, 0.25) is 0 Å². The topological polar surface area (TPSA) is 81.1 Å². The molecule has 27 heavy (non-hydrogen) atoms. The summed E-state index contributed by atoms with van der Waals surface area (Å²) in [7, 11) is 1.64. The predicted octanol–water partition coefficient (Wildman–Crippen LogP) is 3.97. The summed E-state index contributed by atoms with van der Waals surface area (Å²) in [6, 6.07) is 16.8. The number of carbonyl (C=O) groups excluding carboxylic acids is 1. The Labute approximate surface area is 158 Å². The molecule has 0 aliphatic carbocycles. The minimum absolute atomic E-state index is 0.334. The number of nitrogens with zero attached hydrogens (tertiary/aromatic N) is 5. The number of rotatable bonds is 3. The number of hydrogen-bond donors (Lipinski definition) is 0. The van der Waals surface area contributed by atoms with Crippen LogP contribution in [0.4, 0.5) is 10.5 Å². The van der Waals surface area contributed by atoms with Crippen LogP contribution in [0.3, 0.4) is 0 Å². The molecule has 7 heteroatoms. The first-order valence-electron chi connectivity index (χ1n) is 8.54. The van der Waals surface area contributed by atoms with Crippen molar-refractivity contribution in [2.24, 2.45) is 0 Å². The van der Waals surface area contributed by atoms with Crippen LogP contribution in [0.15, 0.2) is 54.6 Å². The maximum Gasteiger partial charge on any atom is 0.414 e. The molecule has 1 aromatic heterocycles. The predicted molar refractivity (Wildman–Crippen MR) is 103 cm³/mol. The van der Waals surface area contributed by atoms with E-state index in [0.29, 0.717) is 22.9 Å². The first-order chi connectivity index (χ1) is 12.8. The molecular weight excluding hydrogens is 342 g/mol. The average molecular weight is 363 g/mol. The van der Waals surface area contributed by atoms with E-state index in [-0.39, 0.29) is 0 Å². The molecule has 0 bridgehead atoms. The Morgan fingerprint density at radius 3 is 2.04 bits per heavy atom. The zero-order valence-electron chi connectivity index (χ0n) is 15.7. The second-order valence-electron chi connectivity index (χ2n) is 6.97. The third kappa shape index (κ3) is 4.44. The maximum absolute atomic E-state index is 12.4. The molecule has 0 N–H and O–H groups in total. The van der Waals surface area contributed by atoms with E-state index in [1.165, 1.54) is 4.90 Å². The lowest BCUT2D eigenvalue weighted by Crippen LogP contribution is -2.34. The van der Waals surface area contributed by atoms with Crippen LogP contribution in [0, 0.1) is 0 Å². The first kappa shape index (κ1) is 18.4. The van der Waals surface area contributed by atoms with E-state index in [2.05, 4.69) is 20.4 Å². The van der Waals surface area contributed by atoms with Gasteiger partial charge in [0, 0.05) is 18.2 Å². The SMILES string of the molecule is CN(C(=O)OC(C)(C)C)c1ccccc1-c1nnc(-c2ccccc2)nn1. The van der Waals surface area contributed by atoms with Gasteiger partial charge in [0.05, 0.1) is 5.69 Å². The molecule has 0 radical (unpaired) electrons. The fourth-order valence-electron chi connectivity index (χ4n) is 2.42. The van der Waals surface area contributed by atoms with E-state index in [4.69, 9.17) is 4.74 Å². The molecule has 0 saturated heterocycles. The minimum atomic E-state index is -0.586. The molecule has 1 amide bonds. The molecular formula is C20H21N5O2. The Kier molecular flexibility index (Phi) is 5.12. The minimum Gasteiger partial charge on any atom is -0.443 e. The smallest absolute Gasteiger partial charge is 0.414 e. The molecule has 7 nitrogen and oxygen atoms in total. The Hall–Kier alpha value is -3.35. The highest BCUT2D eigenvalue weighted by Gasteiger charge is 2.23. The monoisotopic (exact) mass is 363 g/mol. The third-order valence-electron chi connectivity index (χ3n) is 3.68. The van der Waals surface area contributed by atoms with Gasteiger partial charge in [0.1, 0.15) is 5.60 Å². The van der Waals surface area contributed by atoms with E-state index in [9.17, 15) is 4.79 Å². The lowest BCUT2D eigenvalue weighted by molar-refractivity contribution is 0.0589. The number of para-hydroxylation sites is 1. The number of ether oxygens (including phenoxy) is 1. The third-order valence-corrected chi connectivity index (χ3v) is 3.68. The summed E-state index contributed by atoms with van der Waals surface area (Å²) in [6.07, 6.45) is -0.461. The molecule has 0 atom stereocenters. The largest absolute Gasteiger partial charge is 0.443 e. The molecule has 0 saturated carbocycles. The molecule has 0 fully saturated rings. The zero-order chi connectivity index (χ0) is 19.4. The van der Waals surface area contributed by atoms with Crippen molar-refractivity contribution >= 4 is 11.8 Å². The van der Waals surface area contributed by atoms with Crippen molar-refractivity contribution in [2.75, 3.05) is 11.9 Å². The second kappa shape index (κ2) is 7.49. The van der Waals surface area contributed by atoms with Crippen molar-refractivity contribution < 1.29 is 9.53 Å². The Morgan fingerprint density at radius 2 is 1.41 bits per heavy atom. The highest BCUT2D eigenvalue weighted by molar-refractivity contribution is 5.92. The van der Waals surface area contributed by atoms with E-state index in [1.54, 1.807) is 13.1 Å². The van der Waals surface area contributed by atoms with Gasteiger partial charge in [-0.25, -0.2) is 4.79 Å². The van der Waals surface area contributed by atoms with Crippen molar-refractivity contribution in [2.45, 2.75) is 26.4 Å². The number of amides is 1. The molecule has 0 spiro atoms. The van der Waals surface area contributed by atoms with Gasteiger partial charge in [0.2, 0.25) is 11.6 Å². The lowest BCUT2D eigenvalue weighted by atomic mass is 10.1.